The summed E-state index contributed by atoms with van der Waals surface area (Å²) in [6.45, 7) is 5.85. The van der Waals surface area contributed by atoms with E-state index in [1.165, 1.54) is 5.56 Å². The summed E-state index contributed by atoms with van der Waals surface area (Å²) in [5.41, 5.74) is 3.48. The fourth-order valence-electron chi connectivity index (χ4n) is 3.05. The van der Waals surface area contributed by atoms with Crippen LogP contribution in [0.3, 0.4) is 0 Å². The molecule has 1 aromatic carbocycles. The highest BCUT2D eigenvalue weighted by Gasteiger charge is 2.31. The maximum Gasteiger partial charge on any atom is 0.336 e. The van der Waals surface area contributed by atoms with Crippen LogP contribution in [-0.2, 0) is 11.3 Å². The predicted molar refractivity (Wildman–Crippen MR) is 84.0 cm³/mol. The zero-order valence-corrected chi connectivity index (χ0v) is 13.1. The molecule has 1 aromatic heterocycles. The first kappa shape index (κ1) is 15.2. The monoisotopic (exact) mass is 303 g/mol. The van der Waals surface area contributed by atoms with Crippen LogP contribution in [0.4, 0.5) is 0 Å². The minimum atomic E-state index is -0.486. The van der Waals surface area contributed by atoms with Crippen molar-refractivity contribution in [2.75, 3.05) is 20.2 Å². The van der Waals surface area contributed by atoms with E-state index >= 15 is 0 Å². The van der Waals surface area contributed by atoms with Crippen LogP contribution < -0.4 is 5.63 Å². The average Bonchev–Trinajstić information content (AvgIpc) is 2.81. The van der Waals surface area contributed by atoms with Crippen LogP contribution in [0, 0.1) is 13.8 Å². The van der Waals surface area contributed by atoms with Gasteiger partial charge in [0.15, 0.2) is 0 Å². The van der Waals surface area contributed by atoms with E-state index < -0.39 is 6.10 Å². The smallest absolute Gasteiger partial charge is 0.336 e. The standard InChI is InChI=1S/C17H21NO4/c1-10-4-13-12(6-17(20)22-15(13)5-11(10)2)7-18-8-14(19)16(9-18)21-3/h4-6,14,16,19H,7-9H2,1-3H3/t14-,16-/m0/s1. The highest BCUT2D eigenvalue weighted by atomic mass is 16.5. The maximum atomic E-state index is 11.8. The summed E-state index contributed by atoms with van der Waals surface area (Å²) >= 11 is 0. The minimum absolute atomic E-state index is 0.171. The van der Waals surface area contributed by atoms with Crippen LogP contribution in [0.1, 0.15) is 16.7 Å². The van der Waals surface area contributed by atoms with Crippen molar-refractivity contribution in [3.63, 3.8) is 0 Å². The largest absolute Gasteiger partial charge is 0.423 e. The van der Waals surface area contributed by atoms with Gasteiger partial charge in [0.25, 0.3) is 0 Å². The summed E-state index contributed by atoms with van der Waals surface area (Å²) in [4.78, 5) is 13.9. The Bertz CT molecular complexity index is 752. The summed E-state index contributed by atoms with van der Waals surface area (Å²) in [5.74, 6) is 0. The summed E-state index contributed by atoms with van der Waals surface area (Å²) in [6.07, 6.45) is -0.657. The lowest BCUT2D eigenvalue weighted by Gasteiger charge is -2.16. The number of aryl methyl sites for hydroxylation is 2. The summed E-state index contributed by atoms with van der Waals surface area (Å²) in [5, 5.41) is 10.9. The Balaban J connectivity index is 1.97. The Hall–Kier alpha value is -1.69. The van der Waals surface area contributed by atoms with Crippen LogP contribution in [-0.4, -0.2) is 42.4 Å². The molecule has 1 fully saturated rings. The Morgan fingerprint density at radius 3 is 2.68 bits per heavy atom. The fraction of sp³-hybridized carbons (Fsp3) is 0.471. The molecule has 0 saturated carbocycles. The van der Waals surface area contributed by atoms with Gasteiger partial charge in [-0.25, -0.2) is 4.79 Å². The molecule has 1 saturated heterocycles. The first-order valence-corrected chi connectivity index (χ1v) is 7.45. The van der Waals surface area contributed by atoms with E-state index in [9.17, 15) is 9.90 Å². The number of hydrogen-bond acceptors (Lipinski definition) is 5. The van der Waals surface area contributed by atoms with Crippen molar-refractivity contribution in [3.8, 4) is 0 Å². The molecule has 0 spiro atoms. The Morgan fingerprint density at radius 1 is 1.27 bits per heavy atom. The van der Waals surface area contributed by atoms with Crippen molar-refractivity contribution in [3.05, 3.63) is 45.3 Å². The second kappa shape index (κ2) is 5.83. The molecule has 5 heteroatoms. The molecule has 2 heterocycles. The summed E-state index contributed by atoms with van der Waals surface area (Å²) in [6, 6.07) is 5.51. The van der Waals surface area contributed by atoms with Crippen molar-refractivity contribution < 1.29 is 14.3 Å². The first-order chi connectivity index (χ1) is 10.5. The second-order valence-electron chi connectivity index (χ2n) is 6.06. The lowest BCUT2D eigenvalue weighted by atomic mass is 10.0. The Kier molecular flexibility index (Phi) is 4.04. The molecule has 1 N–H and O–H groups in total. The number of β-amino-alcohol motifs (C(OH)–C–C–N with tert-alkyl or cyclic N) is 1. The van der Waals surface area contributed by atoms with E-state index in [1.54, 1.807) is 13.2 Å². The van der Waals surface area contributed by atoms with Crippen LogP contribution in [0.15, 0.2) is 27.4 Å². The molecule has 0 unspecified atom stereocenters. The van der Waals surface area contributed by atoms with Crippen LogP contribution in [0.2, 0.25) is 0 Å². The molecule has 22 heavy (non-hydrogen) atoms. The molecule has 2 aromatic rings. The number of benzene rings is 1. The highest BCUT2D eigenvalue weighted by Crippen LogP contribution is 2.24. The third-order valence-corrected chi connectivity index (χ3v) is 4.45. The third-order valence-electron chi connectivity index (χ3n) is 4.45. The van der Waals surface area contributed by atoms with Gasteiger partial charge in [-0.3, -0.25) is 4.90 Å². The quantitative estimate of drug-likeness (QED) is 0.873. The number of ether oxygens (including phenoxy) is 1. The van der Waals surface area contributed by atoms with Crippen molar-refractivity contribution in [2.45, 2.75) is 32.6 Å². The van der Waals surface area contributed by atoms with Crippen LogP contribution in [0.5, 0.6) is 0 Å². The maximum absolute atomic E-state index is 11.8. The van der Waals surface area contributed by atoms with Gasteiger partial charge in [-0.1, -0.05) is 0 Å². The summed E-state index contributed by atoms with van der Waals surface area (Å²) < 4.78 is 10.6. The van der Waals surface area contributed by atoms with Gasteiger partial charge in [0.2, 0.25) is 0 Å². The molecule has 5 nitrogen and oxygen atoms in total. The van der Waals surface area contributed by atoms with E-state index in [4.69, 9.17) is 9.15 Å². The van der Waals surface area contributed by atoms with Crippen LogP contribution in [0.25, 0.3) is 11.0 Å². The van der Waals surface area contributed by atoms with Gasteiger partial charge >= 0.3 is 5.63 Å². The van der Waals surface area contributed by atoms with Gasteiger partial charge in [0.05, 0.1) is 12.2 Å². The number of aliphatic hydroxyl groups excluding tert-OH is 1. The van der Waals surface area contributed by atoms with Crippen LogP contribution >= 0.6 is 0 Å². The SMILES string of the molecule is CO[C@H]1CN(Cc2cc(=O)oc3cc(C)c(C)cc23)C[C@@H]1O. The second-order valence-corrected chi connectivity index (χ2v) is 6.06. The highest BCUT2D eigenvalue weighted by molar-refractivity contribution is 5.81. The summed E-state index contributed by atoms with van der Waals surface area (Å²) in [7, 11) is 1.61. The lowest BCUT2D eigenvalue weighted by molar-refractivity contribution is 0.0215. The lowest BCUT2D eigenvalue weighted by Crippen LogP contribution is -2.25. The molecule has 0 radical (unpaired) electrons. The van der Waals surface area contributed by atoms with Gasteiger partial charge in [0, 0.05) is 38.2 Å². The first-order valence-electron chi connectivity index (χ1n) is 7.45. The molecule has 118 valence electrons. The minimum Gasteiger partial charge on any atom is -0.423 e. The van der Waals surface area contributed by atoms with Crippen molar-refractivity contribution in [2.24, 2.45) is 0 Å². The number of likely N-dealkylation sites (tertiary alicyclic amines) is 1. The number of hydrogen-bond donors (Lipinski definition) is 1. The van der Waals surface area contributed by atoms with Gasteiger partial charge in [-0.15, -0.1) is 0 Å². The number of fused-ring (bicyclic) bond motifs is 1. The normalized spacial score (nSPS) is 22.5. The molecular weight excluding hydrogens is 282 g/mol. The molecule has 1 aliphatic rings. The number of aliphatic hydroxyl groups is 1. The fourth-order valence-corrected chi connectivity index (χ4v) is 3.05. The zero-order chi connectivity index (χ0) is 15.9. The molecule has 3 rings (SSSR count). The van der Waals surface area contributed by atoms with Gasteiger partial charge in [0.1, 0.15) is 5.58 Å². The molecule has 0 amide bonds. The van der Waals surface area contributed by atoms with E-state index in [1.807, 2.05) is 19.9 Å². The molecule has 2 atom stereocenters. The van der Waals surface area contributed by atoms with Gasteiger partial charge < -0.3 is 14.3 Å². The van der Waals surface area contributed by atoms with Crippen molar-refractivity contribution >= 4 is 11.0 Å². The topological polar surface area (TPSA) is 62.9 Å². The van der Waals surface area contributed by atoms with Crippen molar-refractivity contribution in [1.82, 2.24) is 4.90 Å². The molecule has 0 bridgehead atoms. The van der Waals surface area contributed by atoms with E-state index in [0.29, 0.717) is 25.2 Å². The third kappa shape index (κ3) is 2.79. The number of rotatable bonds is 3. The Morgan fingerprint density at radius 2 is 2.00 bits per heavy atom. The number of methoxy groups -OCH3 is 1. The average molecular weight is 303 g/mol. The van der Waals surface area contributed by atoms with Gasteiger partial charge in [-0.05, 0) is 42.7 Å². The Labute approximate surface area is 129 Å². The van der Waals surface area contributed by atoms with E-state index in [0.717, 1.165) is 16.5 Å². The number of nitrogens with zero attached hydrogens (tertiary/aromatic N) is 1. The van der Waals surface area contributed by atoms with Crippen molar-refractivity contribution in [1.29, 1.82) is 0 Å². The molecule has 1 aliphatic heterocycles. The van der Waals surface area contributed by atoms with E-state index in [-0.39, 0.29) is 11.7 Å². The van der Waals surface area contributed by atoms with E-state index in [2.05, 4.69) is 11.0 Å². The molecular formula is C17H21NO4. The molecule has 0 aliphatic carbocycles. The zero-order valence-electron chi connectivity index (χ0n) is 13.1. The predicted octanol–water partition coefficient (Wildman–Crippen LogP) is 1.60. The van der Waals surface area contributed by atoms with Gasteiger partial charge in [-0.2, -0.15) is 0 Å².